The second-order valence-electron chi connectivity index (χ2n) is 4.67. The maximum absolute atomic E-state index is 4.60. The van der Waals surface area contributed by atoms with Crippen LogP contribution in [0.3, 0.4) is 0 Å². The van der Waals surface area contributed by atoms with Crippen LogP contribution in [0.2, 0.25) is 0 Å². The molecule has 19 heavy (non-hydrogen) atoms. The molecule has 0 N–H and O–H groups in total. The molecule has 0 aliphatic rings. The Labute approximate surface area is 120 Å². The standard InChI is InChI=1S/C14H15BrN4/c1-18-10-16-8-12(18)5-3-7-19-9-11-4-2-6-13(15)14(11)17-19/h2,4,6,8-10H,3,5,7H2,1H3. The van der Waals surface area contributed by atoms with E-state index in [1.54, 1.807) is 0 Å². The largest absolute Gasteiger partial charge is 0.338 e. The van der Waals surface area contributed by atoms with E-state index in [-0.39, 0.29) is 0 Å². The topological polar surface area (TPSA) is 35.6 Å². The van der Waals surface area contributed by atoms with Gasteiger partial charge >= 0.3 is 0 Å². The van der Waals surface area contributed by atoms with E-state index in [0.717, 1.165) is 29.4 Å². The quantitative estimate of drug-likeness (QED) is 0.740. The fourth-order valence-electron chi connectivity index (χ4n) is 2.22. The summed E-state index contributed by atoms with van der Waals surface area (Å²) in [7, 11) is 2.03. The highest BCUT2D eigenvalue weighted by atomic mass is 79.9. The first kappa shape index (κ1) is 12.4. The molecule has 0 radical (unpaired) electrons. The lowest BCUT2D eigenvalue weighted by Gasteiger charge is -2.02. The lowest BCUT2D eigenvalue weighted by atomic mass is 10.2. The summed E-state index contributed by atoms with van der Waals surface area (Å²) in [5.41, 5.74) is 2.29. The molecule has 5 heteroatoms. The van der Waals surface area contributed by atoms with Crippen molar-refractivity contribution in [1.82, 2.24) is 19.3 Å². The highest BCUT2D eigenvalue weighted by Crippen LogP contribution is 2.22. The van der Waals surface area contributed by atoms with Gasteiger partial charge in [0.05, 0.1) is 6.33 Å². The first-order valence-electron chi connectivity index (χ1n) is 6.31. The Balaban J connectivity index is 1.69. The van der Waals surface area contributed by atoms with Crippen LogP contribution >= 0.6 is 15.9 Å². The van der Waals surface area contributed by atoms with E-state index >= 15 is 0 Å². The average molecular weight is 319 g/mol. The molecule has 0 saturated heterocycles. The zero-order valence-corrected chi connectivity index (χ0v) is 12.3. The number of fused-ring (bicyclic) bond motifs is 1. The molecule has 0 unspecified atom stereocenters. The molecule has 2 heterocycles. The van der Waals surface area contributed by atoms with Crippen LogP contribution in [0.4, 0.5) is 0 Å². The van der Waals surface area contributed by atoms with E-state index in [2.05, 4.69) is 42.8 Å². The number of benzene rings is 1. The summed E-state index contributed by atoms with van der Waals surface area (Å²) in [6, 6.07) is 6.15. The number of imidazole rings is 1. The number of aromatic nitrogens is 4. The Kier molecular flexibility index (Phi) is 3.38. The maximum Gasteiger partial charge on any atom is 0.106 e. The second kappa shape index (κ2) is 5.17. The van der Waals surface area contributed by atoms with Gasteiger partial charge in [0.25, 0.3) is 0 Å². The predicted molar refractivity (Wildman–Crippen MR) is 79.0 cm³/mol. The van der Waals surface area contributed by atoms with Crippen molar-refractivity contribution in [3.8, 4) is 0 Å². The van der Waals surface area contributed by atoms with Gasteiger partial charge < -0.3 is 4.57 Å². The summed E-state index contributed by atoms with van der Waals surface area (Å²) in [5.74, 6) is 0. The van der Waals surface area contributed by atoms with Crippen LogP contribution in [-0.4, -0.2) is 19.3 Å². The molecular formula is C14H15BrN4. The average Bonchev–Trinajstić information content (AvgIpc) is 2.97. The molecule has 3 aromatic rings. The molecule has 0 aliphatic carbocycles. The highest BCUT2D eigenvalue weighted by molar-refractivity contribution is 9.10. The maximum atomic E-state index is 4.60. The van der Waals surface area contributed by atoms with E-state index < -0.39 is 0 Å². The monoisotopic (exact) mass is 318 g/mol. The molecule has 1 aromatic carbocycles. The smallest absolute Gasteiger partial charge is 0.106 e. The number of rotatable bonds is 4. The Hall–Kier alpha value is -1.62. The van der Waals surface area contributed by atoms with E-state index in [0.29, 0.717) is 0 Å². The van der Waals surface area contributed by atoms with Gasteiger partial charge in [-0.2, -0.15) is 5.10 Å². The molecule has 0 amide bonds. The minimum atomic E-state index is 0.923. The van der Waals surface area contributed by atoms with Gasteiger partial charge in [0, 0.05) is 41.5 Å². The van der Waals surface area contributed by atoms with Crippen LogP contribution in [-0.2, 0) is 20.0 Å². The highest BCUT2D eigenvalue weighted by Gasteiger charge is 2.04. The first-order valence-corrected chi connectivity index (χ1v) is 7.10. The Morgan fingerprint density at radius 2 is 2.21 bits per heavy atom. The molecule has 4 nitrogen and oxygen atoms in total. The van der Waals surface area contributed by atoms with Crippen LogP contribution in [0.1, 0.15) is 12.1 Å². The van der Waals surface area contributed by atoms with Gasteiger partial charge in [-0.15, -0.1) is 0 Å². The van der Waals surface area contributed by atoms with Gasteiger partial charge in [-0.1, -0.05) is 12.1 Å². The van der Waals surface area contributed by atoms with E-state index in [1.165, 1.54) is 11.1 Å². The zero-order chi connectivity index (χ0) is 13.2. The molecule has 0 aliphatic heterocycles. The summed E-state index contributed by atoms with van der Waals surface area (Å²) >= 11 is 3.53. The van der Waals surface area contributed by atoms with Gasteiger partial charge in [-0.3, -0.25) is 4.68 Å². The van der Waals surface area contributed by atoms with Gasteiger partial charge in [0.15, 0.2) is 0 Å². The molecular weight excluding hydrogens is 304 g/mol. The van der Waals surface area contributed by atoms with Gasteiger partial charge in [0.2, 0.25) is 0 Å². The summed E-state index contributed by atoms with van der Waals surface area (Å²) in [6.45, 7) is 0.923. The summed E-state index contributed by atoms with van der Waals surface area (Å²) in [4.78, 5) is 4.13. The van der Waals surface area contributed by atoms with Crippen molar-refractivity contribution in [3.63, 3.8) is 0 Å². The lowest BCUT2D eigenvalue weighted by molar-refractivity contribution is 0.574. The van der Waals surface area contributed by atoms with Crippen LogP contribution in [0.15, 0.2) is 41.4 Å². The van der Waals surface area contributed by atoms with Gasteiger partial charge in [-0.25, -0.2) is 4.98 Å². The minimum absolute atomic E-state index is 0.923. The van der Waals surface area contributed by atoms with Crippen molar-refractivity contribution in [1.29, 1.82) is 0 Å². The number of hydrogen-bond donors (Lipinski definition) is 0. The van der Waals surface area contributed by atoms with E-state index in [1.807, 2.05) is 36.4 Å². The van der Waals surface area contributed by atoms with Crippen molar-refractivity contribution in [2.75, 3.05) is 0 Å². The normalized spacial score (nSPS) is 11.3. The molecule has 0 spiro atoms. The Morgan fingerprint density at radius 3 is 2.95 bits per heavy atom. The number of aryl methyl sites for hydroxylation is 3. The SMILES string of the molecule is Cn1cncc1CCCn1cc2cccc(Br)c2n1. The molecule has 0 atom stereocenters. The van der Waals surface area contributed by atoms with Gasteiger partial charge in [0.1, 0.15) is 5.52 Å². The van der Waals surface area contributed by atoms with Crippen LogP contribution < -0.4 is 0 Å². The predicted octanol–water partition coefficient (Wildman–Crippen LogP) is 3.17. The number of nitrogens with zero attached hydrogens (tertiary/aromatic N) is 4. The van der Waals surface area contributed by atoms with Crippen molar-refractivity contribution in [3.05, 3.63) is 47.1 Å². The number of hydrogen-bond acceptors (Lipinski definition) is 2. The summed E-state index contributed by atoms with van der Waals surface area (Å²) < 4.78 is 5.14. The Morgan fingerprint density at radius 1 is 1.32 bits per heavy atom. The van der Waals surface area contributed by atoms with E-state index in [9.17, 15) is 0 Å². The minimum Gasteiger partial charge on any atom is -0.338 e. The third kappa shape index (κ3) is 2.56. The summed E-state index contributed by atoms with van der Waals surface area (Å²) in [5, 5.41) is 5.78. The molecule has 98 valence electrons. The van der Waals surface area contributed by atoms with Crippen LogP contribution in [0.25, 0.3) is 10.9 Å². The van der Waals surface area contributed by atoms with Crippen LogP contribution in [0, 0.1) is 0 Å². The molecule has 0 saturated carbocycles. The fraction of sp³-hybridized carbons (Fsp3) is 0.286. The van der Waals surface area contributed by atoms with Crippen molar-refractivity contribution < 1.29 is 0 Å². The van der Waals surface area contributed by atoms with Crippen molar-refractivity contribution in [2.45, 2.75) is 19.4 Å². The first-order chi connectivity index (χ1) is 9.24. The third-order valence-electron chi connectivity index (χ3n) is 3.27. The van der Waals surface area contributed by atoms with Gasteiger partial charge in [-0.05, 0) is 34.8 Å². The lowest BCUT2D eigenvalue weighted by Crippen LogP contribution is -2.02. The molecule has 3 rings (SSSR count). The van der Waals surface area contributed by atoms with Crippen molar-refractivity contribution >= 4 is 26.8 Å². The van der Waals surface area contributed by atoms with E-state index in [4.69, 9.17) is 0 Å². The zero-order valence-electron chi connectivity index (χ0n) is 10.8. The van der Waals surface area contributed by atoms with Crippen molar-refractivity contribution in [2.24, 2.45) is 7.05 Å². The molecule has 2 aromatic heterocycles. The molecule has 0 bridgehead atoms. The van der Waals surface area contributed by atoms with Crippen LogP contribution in [0.5, 0.6) is 0 Å². The summed E-state index contributed by atoms with van der Waals surface area (Å²) in [6.07, 6.45) is 7.95. The second-order valence-corrected chi connectivity index (χ2v) is 5.52. The fourth-order valence-corrected chi connectivity index (χ4v) is 2.68. The third-order valence-corrected chi connectivity index (χ3v) is 3.91. The Bertz CT molecular complexity index is 698. The molecule has 0 fully saturated rings. The number of halogens is 1.